The van der Waals surface area contributed by atoms with Crippen LogP contribution in [0.3, 0.4) is 0 Å². The molecule has 0 saturated carbocycles. The Balaban J connectivity index is 1.65. The second-order valence-corrected chi connectivity index (χ2v) is 6.13. The highest BCUT2D eigenvalue weighted by Crippen LogP contribution is 2.18. The molecule has 2 aromatic rings. The van der Waals surface area contributed by atoms with Crippen LogP contribution in [0.4, 0.5) is 5.13 Å². The topological polar surface area (TPSA) is 111 Å². The molecule has 1 aromatic carbocycles. The summed E-state index contributed by atoms with van der Waals surface area (Å²) in [5.74, 6) is 0.400. The molecule has 0 aliphatic rings. The first-order valence-electron chi connectivity index (χ1n) is 7.67. The van der Waals surface area contributed by atoms with Crippen molar-refractivity contribution in [2.24, 2.45) is 0 Å². The van der Waals surface area contributed by atoms with Gasteiger partial charge < -0.3 is 19.9 Å². The van der Waals surface area contributed by atoms with Crippen molar-refractivity contribution < 1.29 is 24.2 Å². The third-order valence-electron chi connectivity index (χ3n) is 3.14. The Morgan fingerprint density at radius 1 is 1.16 bits per heavy atom. The summed E-state index contributed by atoms with van der Waals surface area (Å²) in [6.45, 7) is 0.416. The zero-order valence-corrected chi connectivity index (χ0v) is 14.5. The number of amides is 1. The molecular formula is C16H19N3O5S. The number of ether oxygens (including phenoxy) is 2. The van der Waals surface area contributed by atoms with Crippen LogP contribution in [0.25, 0.3) is 0 Å². The summed E-state index contributed by atoms with van der Waals surface area (Å²) in [5, 5.41) is 19.9. The summed E-state index contributed by atoms with van der Waals surface area (Å²) in [6, 6.07) is 7.22. The van der Waals surface area contributed by atoms with Crippen molar-refractivity contribution in [1.29, 1.82) is 0 Å². The van der Waals surface area contributed by atoms with Crippen LogP contribution in [-0.4, -0.2) is 40.9 Å². The summed E-state index contributed by atoms with van der Waals surface area (Å²) >= 11 is 1.18. The van der Waals surface area contributed by atoms with E-state index in [9.17, 15) is 9.59 Å². The maximum absolute atomic E-state index is 11.8. The number of carbonyl (C=O) groups excluding carboxylic acids is 1. The Bertz CT molecular complexity index is 702. The van der Waals surface area contributed by atoms with E-state index < -0.39 is 5.97 Å². The average Bonchev–Trinajstić information content (AvgIpc) is 3.05. The molecule has 0 aliphatic heterocycles. The number of anilines is 1. The Morgan fingerprint density at radius 2 is 1.88 bits per heavy atom. The van der Waals surface area contributed by atoms with E-state index in [1.54, 1.807) is 31.4 Å². The molecule has 0 atom stereocenters. The fourth-order valence-electron chi connectivity index (χ4n) is 1.90. The van der Waals surface area contributed by atoms with Crippen LogP contribution in [0.5, 0.6) is 11.5 Å². The lowest BCUT2D eigenvalue weighted by atomic mass is 10.3. The summed E-state index contributed by atoms with van der Waals surface area (Å²) in [6.07, 6.45) is 1.15. The van der Waals surface area contributed by atoms with E-state index in [0.717, 1.165) is 5.75 Å². The van der Waals surface area contributed by atoms with E-state index in [-0.39, 0.29) is 12.3 Å². The predicted octanol–water partition coefficient (Wildman–Crippen LogP) is 2.36. The number of methoxy groups -OCH3 is 1. The molecule has 9 heteroatoms. The molecule has 2 rings (SSSR count). The molecule has 0 bridgehead atoms. The summed E-state index contributed by atoms with van der Waals surface area (Å²) < 4.78 is 10.6. The molecule has 1 heterocycles. The molecule has 0 spiro atoms. The van der Waals surface area contributed by atoms with Gasteiger partial charge in [0.15, 0.2) is 0 Å². The second-order valence-electron chi connectivity index (χ2n) is 5.07. The highest BCUT2D eigenvalue weighted by molar-refractivity contribution is 7.15. The highest BCUT2D eigenvalue weighted by Gasteiger charge is 2.09. The third kappa shape index (κ3) is 6.76. The van der Waals surface area contributed by atoms with Gasteiger partial charge in [0.1, 0.15) is 16.5 Å². The average molecular weight is 365 g/mol. The van der Waals surface area contributed by atoms with Gasteiger partial charge in [-0.3, -0.25) is 9.59 Å². The molecule has 1 aromatic heterocycles. The van der Waals surface area contributed by atoms with Crippen molar-refractivity contribution >= 4 is 28.3 Å². The molecule has 2 N–H and O–H groups in total. The monoisotopic (exact) mass is 365 g/mol. The summed E-state index contributed by atoms with van der Waals surface area (Å²) in [7, 11) is 1.60. The van der Waals surface area contributed by atoms with Crippen LogP contribution >= 0.6 is 11.3 Å². The van der Waals surface area contributed by atoms with Crippen LogP contribution in [0.1, 0.15) is 24.3 Å². The number of aromatic nitrogens is 2. The van der Waals surface area contributed by atoms with Crippen LogP contribution in [-0.2, 0) is 16.0 Å². The quantitative estimate of drug-likeness (QED) is 0.622. The number of aryl methyl sites for hydroxylation is 1. The smallest absolute Gasteiger partial charge is 0.303 e. The van der Waals surface area contributed by atoms with E-state index in [1.807, 2.05) is 0 Å². The SMILES string of the molecule is COc1ccc(OCCCC(=O)Nc2nnc(CCC(=O)O)s2)cc1. The van der Waals surface area contributed by atoms with Gasteiger partial charge in [-0.25, -0.2) is 0 Å². The lowest BCUT2D eigenvalue weighted by molar-refractivity contribution is -0.137. The second kappa shape index (κ2) is 9.58. The molecule has 134 valence electrons. The molecule has 25 heavy (non-hydrogen) atoms. The minimum Gasteiger partial charge on any atom is -0.497 e. The fourth-order valence-corrected chi connectivity index (χ4v) is 2.65. The predicted molar refractivity (Wildman–Crippen MR) is 92.2 cm³/mol. The van der Waals surface area contributed by atoms with E-state index in [2.05, 4.69) is 15.5 Å². The number of nitrogens with one attached hydrogen (secondary N) is 1. The van der Waals surface area contributed by atoms with Gasteiger partial charge in [-0.15, -0.1) is 10.2 Å². The fraction of sp³-hybridized carbons (Fsp3) is 0.375. The Labute approximate surface area is 148 Å². The van der Waals surface area contributed by atoms with E-state index in [4.69, 9.17) is 14.6 Å². The van der Waals surface area contributed by atoms with Gasteiger partial charge in [-0.2, -0.15) is 0 Å². The minimum absolute atomic E-state index is 0.00865. The van der Waals surface area contributed by atoms with E-state index in [1.165, 1.54) is 11.3 Å². The number of carboxylic acids is 1. The van der Waals surface area contributed by atoms with Gasteiger partial charge in [-0.1, -0.05) is 11.3 Å². The van der Waals surface area contributed by atoms with Gasteiger partial charge in [0.25, 0.3) is 0 Å². The van der Waals surface area contributed by atoms with Gasteiger partial charge in [0.2, 0.25) is 11.0 Å². The molecule has 0 aliphatic carbocycles. The van der Waals surface area contributed by atoms with Crippen molar-refractivity contribution in [3.05, 3.63) is 29.3 Å². The van der Waals surface area contributed by atoms with Crippen LogP contribution in [0.2, 0.25) is 0 Å². The third-order valence-corrected chi connectivity index (χ3v) is 4.04. The molecule has 8 nitrogen and oxygen atoms in total. The van der Waals surface area contributed by atoms with Crippen molar-refractivity contribution in [1.82, 2.24) is 10.2 Å². The maximum Gasteiger partial charge on any atom is 0.303 e. The van der Waals surface area contributed by atoms with Gasteiger partial charge in [-0.05, 0) is 30.7 Å². The Morgan fingerprint density at radius 3 is 2.56 bits per heavy atom. The first kappa shape index (κ1) is 18.7. The van der Waals surface area contributed by atoms with Crippen LogP contribution < -0.4 is 14.8 Å². The Kier molecular flexibility index (Phi) is 7.15. The zero-order valence-electron chi connectivity index (χ0n) is 13.7. The van der Waals surface area contributed by atoms with Gasteiger partial charge >= 0.3 is 5.97 Å². The molecule has 0 unspecified atom stereocenters. The zero-order chi connectivity index (χ0) is 18.1. The standard InChI is InChI=1S/C16H19N3O5S/c1-23-11-4-6-12(7-5-11)24-10-2-3-13(20)17-16-19-18-14(25-16)8-9-15(21)22/h4-7H,2-3,8-10H2,1H3,(H,21,22)(H,17,19,20). The van der Waals surface area contributed by atoms with Gasteiger partial charge in [0.05, 0.1) is 20.1 Å². The van der Waals surface area contributed by atoms with Crippen molar-refractivity contribution in [3.63, 3.8) is 0 Å². The minimum atomic E-state index is -0.891. The van der Waals surface area contributed by atoms with Crippen LogP contribution in [0, 0.1) is 0 Å². The van der Waals surface area contributed by atoms with Crippen LogP contribution in [0.15, 0.2) is 24.3 Å². The van der Waals surface area contributed by atoms with Crippen molar-refractivity contribution in [2.75, 3.05) is 19.0 Å². The van der Waals surface area contributed by atoms with E-state index >= 15 is 0 Å². The highest BCUT2D eigenvalue weighted by atomic mass is 32.1. The lowest BCUT2D eigenvalue weighted by Crippen LogP contribution is -2.12. The van der Waals surface area contributed by atoms with Crippen molar-refractivity contribution in [3.8, 4) is 11.5 Å². The number of aliphatic carboxylic acids is 1. The van der Waals surface area contributed by atoms with Gasteiger partial charge in [0, 0.05) is 12.8 Å². The number of benzene rings is 1. The molecule has 0 radical (unpaired) electrons. The van der Waals surface area contributed by atoms with Crippen molar-refractivity contribution in [2.45, 2.75) is 25.7 Å². The summed E-state index contributed by atoms with van der Waals surface area (Å²) in [5.41, 5.74) is 0. The first-order chi connectivity index (χ1) is 12.1. The first-order valence-corrected chi connectivity index (χ1v) is 8.49. The Hall–Kier alpha value is -2.68. The molecular weight excluding hydrogens is 346 g/mol. The molecule has 0 saturated heterocycles. The molecule has 0 fully saturated rings. The number of hydrogen-bond donors (Lipinski definition) is 2. The number of carbonyl (C=O) groups is 2. The normalized spacial score (nSPS) is 10.3. The maximum atomic E-state index is 11.8. The molecule has 1 amide bonds. The lowest BCUT2D eigenvalue weighted by Gasteiger charge is -2.06. The largest absolute Gasteiger partial charge is 0.497 e. The number of nitrogens with zero attached hydrogens (tertiary/aromatic N) is 2. The number of carboxylic acid groups (broad SMARTS) is 1. The number of hydrogen-bond acceptors (Lipinski definition) is 7. The van der Waals surface area contributed by atoms with E-state index in [0.29, 0.717) is 41.8 Å². The number of rotatable bonds is 10. The summed E-state index contributed by atoms with van der Waals surface area (Å²) in [4.78, 5) is 22.4.